The highest BCUT2D eigenvalue weighted by Gasteiger charge is 2.38. The van der Waals surface area contributed by atoms with E-state index >= 15 is 0 Å². The van der Waals surface area contributed by atoms with E-state index in [2.05, 4.69) is 45.9 Å². The molecule has 1 amide bonds. The van der Waals surface area contributed by atoms with Crippen LogP contribution in [-0.2, 0) is 27.1 Å². The van der Waals surface area contributed by atoms with Crippen LogP contribution in [0.15, 0.2) is 17.4 Å². The predicted octanol–water partition coefficient (Wildman–Crippen LogP) is 4.43. The summed E-state index contributed by atoms with van der Waals surface area (Å²) in [5, 5.41) is 0.0943. The quantitative estimate of drug-likeness (QED) is 0.254. The zero-order chi connectivity index (χ0) is 24.3. The van der Waals surface area contributed by atoms with Crippen LogP contribution >= 0.6 is 11.3 Å². The van der Waals surface area contributed by atoms with Crippen LogP contribution in [0, 0.1) is 0 Å². The largest absolute Gasteiger partial charge is 0.444 e. The number of aromatic nitrogens is 1. The molecular formula is C22H39N3O5SSi. The Balaban J connectivity index is 2.26. The van der Waals surface area contributed by atoms with Crippen molar-refractivity contribution in [2.24, 2.45) is 0 Å². The lowest BCUT2D eigenvalue weighted by atomic mass is 10.1. The first kappa shape index (κ1) is 26.8. The summed E-state index contributed by atoms with van der Waals surface area (Å²) >= 11 is 1.19. The molecule has 182 valence electrons. The summed E-state index contributed by atoms with van der Waals surface area (Å²) in [4.78, 5) is 33.5. The SMILES string of the molecule is C=CCONC1CN(C(=O)OC(C)(C)C)Cc2c1sc(=O)n2CCO[Si](C)(C)C(C)(C)C. The maximum atomic E-state index is 12.9. The summed E-state index contributed by atoms with van der Waals surface area (Å²) in [7, 11) is -1.92. The fraction of sp³-hybridized carbons (Fsp3) is 0.727. The molecular weight excluding hydrogens is 446 g/mol. The topological polar surface area (TPSA) is 82.0 Å². The summed E-state index contributed by atoms with van der Waals surface area (Å²) in [5.41, 5.74) is 3.18. The number of amides is 1. The summed E-state index contributed by atoms with van der Waals surface area (Å²) in [6.45, 7) is 22.0. The van der Waals surface area contributed by atoms with Crippen LogP contribution in [0.5, 0.6) is 0 Å². The zero-order valence-electron chi connectivity index (χ0n) is 20.7. The minimum Gasteiger partial charge on any atom is -0.444 e. The average Bonchev–Trinajstić information content (AvgIpc) is 2.95. The van der Waals surface area contributed by atoms with Crippen LogP contribution < -0.4 is 10.4 Å². The third kappa shape index (κ3) is 6.77. The molecule has 10 heteroatoms. The van der Waals surface area contributed by atoms with Gasteiger partial charge in [-0.05, 0) is 38.9 Å². The Labute approximate surface area is 196 Å². The van der Waals surface area contributed by atoms with Crippen LogP contribution in [0.3, 0.4) is 0 Å². The summed E-state index contributed by atoms with van der Waals surface area (Å²) in [5.74, 6) is 0. The minimum absolute atomic E-state index is 0.0598. The second kappa shape index (κ2) is 10.2. The van der Waals surface area contributed by atoms with E-state index in [0.717, 1.165) is 10.6 Å². The third-order valence-corrected chi connectivity index (χ3v) is 11.4. The molecule has 1 aromatic rings. The molecule has 0 aromatic carbocycles. The van der Waals surface area contributed by atoms with E-state index in [0.29, 0.717) is 32.8 Å². The van der Waals surface area contributed by atoms with Gasteiger partial charge in [0, 0.05) is 13.1 Å². The van der Waals surface area contributed by atoms with E-state index in [1.807, 2.05) is 20.8 Å². The number of carbonyl (C=O) groups is 1. The van der Waals surface area contributed by atoms with Gasteiger partial charge in [-0.15, -0.1) is 6.58 Å². The molecule has 0 spiro atoms. The van der Waals surface area contributed by atoms with Gasteiger partial charge in [-0.25, -0.2) is 4.79 Å². The second-order valence-corrected chi connectivity index (χ2v) is 16.4. The second-order valence-electron chi connectivity index (χ2n) is 10.6. The molecule has 2 heterocycles. The summed E-state index contributed by atoms with van der Waals surface area (Å²) < 4.78 is 13.6. The van der Waals surface area contributed by atoms with E-state index in [-0.39, 0.29) is 16.0 Å². The van der Waals surface area contributed by atoms with Gasteiger partial charge in [-0.3, -0.25) is 14.2 Å². The number of ether oxygens (including phenoxy) is 1. The Bertz CT molecular complexity index is 866. The van der Waals surface area contributed by atoms with Crippen LogP contribution in [0.25, 0.3) is 0 Å². The van der Waals surface area contributed by atoms with Crippen molar-refractivity contribution in [3.63, 3.8) is 0 Å². The Morgan fingerprint density at radius 2 is 1.94 bits per heavy atom. The van der Waals surface area contributed by atoms with Crippen molar-refractivity contribution < 1.29 is 18.8 Å². The Kier molecular flexibility index (Phi) is 8.55. The fourth-order valence-corrected chi connectivity index (χ4v) is 5.13. The highest BCUT2D eigenvalue weighted by Crippen LogP contribution is 2.36. The average molecular weight is 486 g/mol. The number of hydroxylamine groups is 1. The van der Waals surface area contributed by atoms with Gasteiger partial charge < -0.3 is 14.1 Å². The lowest BCUT2D eigenvalue weighted by molar-refractivity contribution is -0.00184. The number of hydrogen-bond acceptors (Lipinski definition) is 7. The highest BCUT2D eigenvalue weighted by atomic mass is 32.1. The number of carbonyl (C=O) groups excluding carboxylic acids is 1. The van der Waals surface area contributed by atoms with Crippen LogP contribution in [0.2, 0.25) is 18.1 Å². The first-order valence-electron chi connectivity index (χ1n) is 11.0. The molecule has 0 fully saturated rings. The first-order chi connectivity index (χ1) is 14.7. The molecule has 1 aromatic heterocycles. The van der Waals surface area contributed by atoms with Crippen molar-refractivity contribution in [1.82, 2.24) is 14.9 Å². The third-order valence-electron chi connectivity index (χ3n) is 5.75. The highest BCUT2D eigenvalue weighted by molar-refractivity contribution is 7.09. The van der Waals surface area contributed by atoms with Gasteiger partial charge in [-0.2, -0.15) is 5.48 Å². The maximum Gasteiger partial charge on any atom is 0.410 e. The molecule has 32 heavy (non-hydrogen) atoms. The van der Waals surface area contributed by atoms with Crippen molar-refractivity contribution in [3.8, 4) is 0 Å². The van der Waals surface area contributed by atoms with Crippen LogP contribution in [0.1, 0.15) is 58.2 Å². The van der Waals surface area contributed by atoms with Gasteiger partial charge in [0.1, 0.15) is 5.60 Å². The molecule has 1 unspecified atom stereocenters. The van der Waals surface area contributed by atoms with E-state index in [4.69, 9.17) is 14.0 Å². The Morgan fingerprint density at radius 1 is 1.28 bits per heavy atom. The molecule has 1 aliphatic rings. The summed E-state index contributed by atoms with van der Waals surface area (Å²) in [6.07, 6.45) is 1.22. The van der Waals surface area contributed by atoms with Gasteiger partial charge in [0.2, 0.25) is 0 Å². The molecule has 0 saturated carbocycles. The van der Waals surface area contributed by atoms with Gasteiger partial charge in [-0.1, -0.05) is 38.2 Å². The number of hydrogen-bond donors (Lipinski definition) is 1. The number of nitrogens with one attached hydrogen (secondary N) is 1. The van der Waals surface area contributed by atoms with Crippen molar-refractivity contribution in [2.75, 3.05) is 19.8 Å². The smallest absolute Gasteiger partial charge is 0.410 e. The normalized spacial score (nSPS) is 17.2. The van der Waals surface area contributed by atoms with Crippen molar-refractivity contribution in [2.45, 2.75) is 84.4 Å². The van der Waals surface area contributed by atoms with Gasteiger partial charge in [0.15, 0.2) is 8.32 Å². The lowest BCUT2D eigenvalue weighted by Gasteiger charge is -2.36. The summed E-state index contributed by atoms with van der Waals surface area (Å²) in [6, 6.07) is -0.327. The number of rotatable bonds is 8. The molecule has 0 bridgehead atoms. The van der Waals surface area contributed by atoms with E-state index in [9.17, 15) is 9.59 Å². The minimum atomic E-state index is -1.92. The number of thiazole rings is 1. The molecule has 1 atom stereocenters. The Morgan fingerprint density at radius 3 is 2.50 bits per heavy atom. The lowest BCUT2D eigenvalue weighted by Crippen LogP contribution is -2.45. The molecule has 0 saturated heterocycles. The van der Waals surface area contributed by atoms with E-state index in [1.54, 1.807) is 15.5 Å². The number of fused-ring (bicyclic) bond motifs is 1. The van der Waals surface area contributed by atoms with Crippen LogP contribution in [0.4, 0.5) is 4.79 Å². The van der Waals surface area contributed by atoms with Gasteiger partial charge >= 0.3 is 11.0 Å². The molecule has 0 aliphatic carbocycles. The molecule has 8 nitrogen and oxygen atoms in total. The first-order valence-corrected chi connectivity index (χ1v) is 14.7. The molecule has 1 aliphatic heterocycles. The van der Waals surface area contributed by atoms with Crippen molar-refractivity contribution >= 4 is 25.7 Å². The predicted molar refractivity (Wildman–Crippen MR) is 130 cm³/mol. The monoisotopic (exact) mass is 485 g/mol. The van der Waals surface area contributed by atoms with E-state index in [1.165, 1.54) is 11.3 Å². The number of nitrogens with zero attached hydrogens (tertiary/aromatic N) is 2. The Hall–Kier alpha value is -1.46. The van der Waals surface area contributed by atoms with E-state index < -0.39 is 20.0 Å². The molecule has 1 N–H and O–H groups in total. The molecule has 2 rings (SSSR count). The van der Waals surface area contributed by atoms with Gasteiger partial charge in [0.05, 0.1) is 36.4 Å². The standard InChI is InChI=1S/C22H39N3O5SSi/c1-10-12-28-23-16-14-24(19(26)30-21(2,3)4)15-17-18(16)31-20(27)25(17)11-13-29-32(8,9)22(5,6)7/h10,16,23H,1,11-15H2,2-9H3. The van der Waals surface area contributed by atoms with Gasteiger partial charge in [0.25, 0.3) is 0 Å². The molecule has 0 radical (unpaired) electrons. The zero-order valence-corrected chi connectivity index (χ0v) is 22.6. The van der Waals surface area contributed by atoms with Crippen molar-refractivity contribution in [3.05, 3.63) is 32.9 Å². The fourth-order valence-electron chi connectivity index (χ4n) is 3.03. The van der Waals surface area contributed by atoms with Crippen molar-refractivity contribution in [1.29, 1.82) is 0 Å². The van der Waals surface area contributed by atoms with Crippen LogP contribution in [-0.4, -0.2) is 49.2 Å². The maximum absolute atomic E-state index is 12.9.